The summed E-state index contributed by atoms with van der Waals surface area (Å²) in [6, 6.07) is 15.6. The molecule has 7 heteroatoms. The first kappa shape index (κ1) is 25.3. The molecule has 2 amide bonds. The SMILES string of the molecule is CC(C)C[C@H](N)C(=O)N(C=Cc1ccccc1)C(=O)[C@@H](N)Cc1c[nH]c2ccccc12.Cl. The van der Waals surface area contributed by atoms with E-state index in [4.69, 9.17) is 11.5 Å². The number of hydrogen-bond donors (Lipinski definition) is 3. The Morgan fingerprint density at radius 1 is 0.969 bits per heavy atom. The molecular formula is C25H31ClN4O2. The van der Waals surface area contributed by atoms with Gasteiger partial charge >= 0.3 is 0 Å². The van der Waals surface area contributed by atoms with E-state index in [-0.39, 0.29) is 18.3 Å². The topological polar surface area (TPSA) is 105 Å². The highest BCUT2D eigenvalue weighted by atomic mass is 35.5. The number of rotatable bonds is 8. The molecule has 3 rings (SSSR count). The molecule has 0 saturated heterocycles. The number of hydrogen-bond acceptors (Lipinski definition) is 4. The van der Waals surface area contributed by atoms with Gasteiger partial charge in [0.15, 0.2) is 0 Å². The molecule has 0 radical (unpaired) electrons. The smallest absolute Gasteiger partial charge is 0.250 e. The highest BCUT2D eigenvalue weighted by Gasteiger charge is 2.29. The van der Waals surface area contributed by atoms with Crippen LogP contribution in [0.2, 0.25) is 0 Å². The van der Waals surface area contributed by atoms with Crippen molar-refractivity contribution in [3.05, 3.63) is 78.1 Å². The summed E-state index contributed by atoms with van der Waals surface area (Å²) in [5.41, 5.74) is 15.2. The van der Waals surface area contributed by atoms with Gasteiger partial charge in [0.1, 0.15) is 0 Å². The van der Waals surface area contributed by atoms with Crippen molar-refractivity contribution in [2.45, 2.75) is 38.8 Å². The lowest BCUT2D eigenvalue weighted by Gasteiger charge is -2.24. The van der Waals surface area contributed by atoms with Crippen molar-refractivity contribution in [2.75, 3.05) is 0 Å². The van der Waals surface area contributed by atoms with Crippen LogP contribution in [0.3, 0.4) is 0 Å². The van der Waals surface area contributed by atoms with Crippen LogP contribution in [0, 0.1) is 5.92 Å². The number of benzene rings is 2. The number of carbonyl (C=O) groups is 2. The van der Waals surface area contributed by atoms with Crippen LogP contribution in [-0.4, -0.2) is 33.8 Å². The summed E-state index contributed by atoms with van der Waals surface area (Å²) in [7, 11) is 0. The summed E-state index contributed by atoms with van der Waals surface area (Å²) < 4.78 is 0. The average Bonchev–Trinajstić information content (AvgIpc) is 3.16. The Morgan fingerprint density at radius 2 is 1.59 bits per heavy atom. The zero-order valence-electron chi connectivity index (χ0n) is 18.4. The van der Waals surface area contributed by atoms with Gasteiger partial charge in [-0.25, -0.2) is 0 Å². The van der Waals surface area contributed by atoms with Crippen molar-refractivity contribution in [2.24, 2.45) is 17.4 Å². The number of amides is 2. The second-order valence-electron chi connectivity index (χ2n) is 8.18. The third kappa shape index (κ3) is 6.29. The summed E-state index contributed by atoms with van der Waals surface area (Å²) in [5.74, 6) is -0.684. The lowest BCUT2D eigenvalue weighted by molar-refractivity contribution is -0.143. The van der Waals surface area contributed by atoms with Gasteiger partial charge in [-0.2, -0.15) is 0 Å². The predicted molar refractivity (Wildman–Crippen MR) is 132 cm³/mol. The van der Waals surface area contributed by atoms with Gasteiger partial charge in [-0.3, -0.25) is 14.5 Å². The number of para-hydroxylation sites is 1. The van der Waals surface area contributed by atoms with E-state index >= 15 is 0 Å². The van der Waals surface area contributed by atoms with Crippen LogP contribution in [0.25, 0.3) is 17.0 Å². The number of halogens is 1. The van der Waals surface area contributed by atoms with Crippen LogP contribution in [0.5, 0.6) is 0 Å². The third-order valence-corrected chi connectivity index (χ3v) is 5.16. The van der Waals surface area contributed by atoms with E-state index in [1.54, 1.807) is 6.08 Å². The van der Waals surface area contributed by atoms with Gasteiger partial charge in [0.2, 0.25) is 5.91 Å². The molecule has 32 heavy (non-hydrogen) atoms. The monoisotopic (exact) mass is 454 g/mol. The summed E-state index contributed by atoms with van der Waals surface area (Å²) in [4.78, 5) is 30.5. The molecule has 1 heterocycles. The van der Waals surface area contributed by atoms with Crippen LogP contribution in [-0.2, 0) is 16.0 Å². The molecule has 170 valence electrons. The maximum atomic E-state index is 13.2. The van der Waals surface area contributed by atoms with Crippen LogP contribution in [0.15, 0.2) is 67.0 Å². The lowest BCUT2D eigenvalue weighted by atomic mass is 10.0. The number of imide groups is 1. The molecule has 0 aliphatic carbocycles. The number of fused-ring (bicyclic) bond motifs is 1. The van der Waals surface area contributed by atoms with Crippen LogP contribution in [0.4, 0.5) is 0 Å². The number of aromatic amines is 1. The maximum absolute atomic E-state index is 13.2. The Bertz CT molecular complexity index is 1060. The second kappa shape index (κ2) is 11.6. The molecular weight excluding hydrogens is 424 g/mol. The lowest BCUT2D eigenvalue weighted by Crippen LogP contribution is -2.50. The van der Waals surface area contributed by atoms with Crippen molar-refractivity contribution in [1.82, 2.24) is 9.88 Å². The first-order valence-electron chi connectivity index (χ1n) is 10.5. The van der Waals surface area contributed by atoms with Gasteiger partial charge < -0.3 is 16.5 Å². The second-order valence-corrected chi connectivity index (χ2v) is 8.18. The molecule has 6 nitrogen and oxygen atoms in total. The molecule has 0 saturated carbocycles. The zero-order chi connectivity index (χ0) is 22.4. The summed E-state index contributed by atoms with van der Waals surface area (Å²) in [6.07, 6.45) is 5.85. The van der Waals surface area contributed by atoms with E-state index < -0.39 is 23.9 Å². The number of nitrogens with zero attached hydrogens (tertiary/aromatic N) is 1. The van der Waals surface area contributed by atoms with Gasteiger partial charge in [-0.15, -0.1) is 12.4 Å². The Morgan fingerprint density at radius 3 is 2.28 bits per heavy atom. The molecule has 0 spiro atoms. The quantitative estimate of drug-likeness (QED) is 0.480. The zero-order valence-corrected chi connectivity index (χ0v) is 19.2. The Hall–Kier alpha value is -2.93. The largest absolute Gasteiger partial charge is 0.361 e. The molecule has 0 bridgehead atoms. The summed E-state index contributed by atoms with van der Waals surface area (Å²) in [5, 5.41) is 1.01. The van der Waals surface area contributed by atoms with Crippen LogP contribution in [0.1, 0.15) is 31.4 Å². The highest BCUT2D eigenvalue weighted by molar-refractivity contribution is 6.01. The van der Waals surface area contributed by atoms with Crippen molar-refractivity contribution >= 4 is 41.2 Å². The van der Waals surface area contributed by atoms with E-state index in [1.807, 2.05) is 74.6 Å². The number of aromatic nitrogens is 1. The minimum absolute atomic E-state index is 0. The van der Waals surface area contributed by atoms with E-state index in [2.05, 4.69) is 4.98 Å². The van der Waals surface area contributed by atoms with E-state index in [0.717, 1.165) is 26.9 Å². The molecule has 3 aromatic rings. The highest BCUT2D eigenvalue weighted by Crippen LogP contribution is 2.19. The number of H-pyrrole nitrogens is 1. The number of carbonyl (C=O) groups excluding carboxylic acids is 2. The van der Waals surface area contributed by atoms with Crippen molar-refractivity contribution in [1.29, 1.82) is 0 Å². The normalized spacial score (nSPS) is 13.2. The molecule has 5 N–H and O–H groups in total. The molecule has 0 aliphatic heterocycles. The van der Waals surface area contributed by atoms with Crippen LogP contribution < -0.4 is 11.5 Å². The van der Waals surface area contributed by atoms with Gasteiger partial charge in [-0.05, 0) is 42.0 Å². The molecule has 1 aromatic heterocycles. The van der Waals surface area contributed by atoms with Crippen molar-refractivity contribution in [3.63, 3.8) is 0 Å². The maximum Gasteiger partial charge on any atom is 0.250 e. The fourth-order valence-corrected chi connectivity index (χ4v) is 3.57. The molecule has 0 unspecified atom stereocenters. The molecule has 0 aliphatic rings. The first-order chi connectivity index (χ1) is 14.9. The minimum Gasteiger partial charge on any atom is -0.361 e. The molecule has 2 atom stereocenters. The van der Waals surface area contributed by atoms with Crippen LogP contribution >= 0.6 is 12.4 Å². The van der Waals surface area contributed by atoms with E-state index in [1.165, 1.54) is 6.20 Å². The van der Waals surface area contributed by atoms with Gasteiger partial charge in [0, 0.05) is 23.3 Å². The minimum atomic E-state index is -0.880. The van der Waals surface area contributed by atoms with Crippen molar-refractivity contribution < 1.29 is 9.59 Å². The van der Waals surface area contributed by atoms with Gasteiger partial charge in [-0.1, -0.05) is 62.4 Å². The fourth-order valence-electron chi connectivity index (χ4n) is 3.57. The molecule has 0 fully saturated rings. The van der Waals surface area contributed by atoms with E-state index in [9.17, 15) is 9.59 Å². The summed E-state index contributed by atoms with van der Waals surface area (Å²) in [6.45, 7) is 3.98. The Kier molecular flexibility index (Phi) is 9.20. The molecule has 2 aromatic carbocycles. The average molecular weight is 455 g/mol. The number of nitrogens with one attached hydrogen (secondary N) is 1. The van der Waals surface area contributed by atoms with Gasteiger partial charge in [0.05, 0.1) is 12.1 Å². The Balaban J connectivity index is 0.00000363. The Labute approximate surface area is 195 Å². The standard InChI is InChI=1S/C25H30N4O2.ClH/c1-17(2)14-21(26)24(30)29(13-12-18-8-4-3-5-9-18)25(31)22(27)15-19-16-28-23-11-7-6-10-20(19)23;/h3-13,16-17,21-22,28H,14-15,26-27H2,1-2H3;1H/t21-,22-;/m0./s1. The van der Waals surface area contributed by atoms with Crippen molar-refractivity contribution in [3.8, 4) is 0 Å². The first-order valence-corrected chi connectivity index (χ1v) is 10.5. The predicted octanol–water partition coefficient (Wildman–Crippen LogP) is 3.86. The fraction of sp³-hybridized carbons (Fsp3) is 0.280. The van der Waals surface area contributed by atoms with E-state index in [0.29, 0.717) is 12.8 Å². The number of nitrogens with two attached hydrogens (primary N) is 2. The third-order valence-electron chi connectivity index (χ3n) is 5.16. The van der Waals surface area contributed by atoms with Gasteiger partial charge in [0.25, 0.3) is 5.91 Å². The summed E-state index contributed by atoms with van der Waals surface area (Å²) >= 11 is 0.